The van der Waals surface area contributed by atoms with Crippen LogP contribution in [0.2, 0.25) is 0 Å². The Hall–Kier alpha value is -0.550. The molecule has 0 unspecified atom stereocenters. The molecule has 3 nitrogen and oxygen atoms in total. The summed E-state index contributed by atoms with van der Waals surface area (Å²) < 4.78 is 0. The van der Waals surface area contributed by atoms with Crippen LogP contribution in [0.5, 0.6) is 0 Å². The van der Waals surface area contributed by atoms with Gasteiger partial charge in [0, 0.05) is 49.9 Å². The van der Waals surface area contributed by atoms with Crippen LogP contribution in [-0.2, 0) is 0 Å². The molecule has 1 N–H and O–H groups in total. The Labute approximate surface area is 120 Å². The molecule has 1 aliphatic heterocycles. The molecule has 1 aromatic rings. The number of β-amino-alcohol motifs (C(OH)–C–C–N with tert-alkyl or cyclic N) is 1. The van der Waals surface area contributed by atoms with Gasteiger partial charge in [0.25, 0.3) is 0 Å². The summed E-state index contributed by atoms with van der Waals surface area (Å²) in [6.45, 7) is 8.84. The molecule has 106 valence electrons. The average Bonchev–Trinajstić information content (AvgIpc) is 2.43. The third-order valence-electron chi connectivity index (χ3n) is 3.58. The molecule has 0 spiro atoms. The van der Waals surface area contributed by atoms with E-state index < -0.39 is 0 Å². The number of nitrogens with zero attached hydrogens (tertiary/aromatic N) is 2. The van der Waals surface area contributed by atoms with E-state index in [1.807, 2.05) is 11.8 Å². The van der Waals surface area contributed by atoms with E-state index in [4.69, 9.17) is 5.11 Å². The molecule has 0 amide bonds. The molecule has 1 fully saturated rings. The summed E-state index contributed by atoms with van der Waals surface area (Å²) in [7, 11) is 0. The molecule has 0 aromatic heterocycles. The van der Waals surface area contributed by atoms with Crippen molar-refractivity contribution in [1.82, 2.24) is 9.80 Å². The largest absolute Gasteiger partial charge is 0.395 e. The first-order chi connectivity index (χ1) is 9.28. The number of thioether (sulfide) groups is 1. The molecule has 1 heterocycles. The second-order valence-electron chi connectivity index (χ2n) is 5.07. The minimum absolute atomic E-state index is 0.281. The van der Waals surface area contributed by atoms with E-state index in [0.29, 0.717) is 0 Å². The van der Waals surface area contributed by atoms with Crippen molar-refractivity contribution in [3.05, 3.63) is 29.8 Å². The first-order valence-corrected chi connectivity index (χ1v) is 8.01. The third-order valence-corrected chi connectivity index (χ3v) is 4.57. The molecule has 1 aromatic carbocycles. The molecule has 2 rings (SSSR count). The number of aliphatic hydroxyl groups excluding tert-OH is 1. The lowest BCUT2D eigenvalue weighted by molar-refractivity contribution is 0.117. The Balaban J connectivity index is 1.63. The highest BCUT2D eigenvalue weighted by atomic mass is 32.2. The smallest absolute Gasteiger partial charge is 0.0558 e. The van der Waals surface area contributed by atoms with Crippen molar-refractivity contribution < 1.29 is 5.11 Å². The summed E-state index contributed by atoms with van der Waals surface area (Å²) in [4.78, 5) is 6.23. The van der Waals surface area contributed by atoms with Crippen molar-refractivity contribution in [3.8, 4) is 0 Å². The number of piperazine rings is 1. The quantitative estimate of drug-likeness (QED) is 0.802. The fourth-order valence-electron chi connectivity index (χ4n) is 2.31. The molecule has 0 atom stereocenters. The zero-order chi connectivity index (χ0) is 13.5. The summed E-state index contributed by atoms with van der Waals surface area (Å²) in [5.41, 5.74) is 1.32. The highest BCUT2D eigenvalue weighted by Crippen LogP contribution is 2.18. The maximum absolute atomic E-state index is 8.91. The van der Waals surface area contributed by atoms with Crippen molar-refractivity contribution in [2.75, 3.05) is 51.6 Å². The van der Waals surface area contributed by atoms with Crippen molar-refractivity contribution in [2.24, 2.45) is 0 Å². The number of hydrogen-bond donors (Lipinski definition) is 1. The molecule has 0 aliphatic carbocycles. The van der Waals surface area contributed by atoms with Gasteiger partial charge in [0.2, 0.25) is 0 Å². The molecule has 0 radical (unpaired) electrons. The van der Waals surface area contributed by atoms with Crippen LogP contribution < -0.4 is 0 Å². The second kappa shape index (κ2) is 7.90. The van der Waals surface area contributed by atoms with Gasteiger partial charge in [0.15, 0.2) is 0 Å². The Morgan fingerprint density at radius 3 is 2.16 bits per heavy atom. The van der Waals surface area contributed by atoms with Gasteiger partial charge in [0.05, 0.1) is 6.61 Å². The van der Waals surface area contributed by atoms with Crippen LogP contribution in [0.1, 0.15) is 5.56 Å². The molecule has 1 saturated heterocycles. The Morgan fingerprint density at radius 1 is 1.00 bits per heavy atom. The molecular formula is C15H24N2OS. The van der Waals surface area contributed by atoms with E-state index in [0.717, 1.165) is 45.0 Å². The maximum atomic E-state index is 8.91. The fourth-order valence-corrected chi connectivity index (χ4v) is 3.22. The fraction of sp³-hybridized carbons (Fsp3) is 0.600. The van der Waals surface area contributed by atoms with Crippen LogP contribution in [0.3, 0.4) is 0 Å². The Bertz CT molecular complexity index is 361. The number of rotatable bonds is 6. The van der Waals surface area contributed by atoms with E-state index in [9.17, 15) is 0 Å². The summed E-state index contributed by atoms with van der Waals surface area (Å²) in [5, 5.41) is 8.91. The van der Waals surface area contributed by atoms with Gasteiger partial charge in [-0.05, 0) is 19.1 Å². The van der Waals surface area contributed by atoms with Crippen LogP contribution >= 0.6 is 11.8 Å². The first-order valence-electron chi connectivity index (χ1n) is 7.03. The molecular weight excluding hydrogens is 256 g/mol. The van der Waals surface area contributed by atoms with Gasteiger partial charge in [-0.1, -0.05) is 17.7 Å². The highest BCUT2D eigenvalue weighted by Gasteiger charge is 2.15. The molecule has 0 bridgehead atoms. The van der Waals surface area contributed by atoms with E-state index in [1.165, 1.54) is 10.5 Å². The Morgan fingerprint density at radius 2 is 1.58 bits per heavy atom. The van der Waals surface area contributed by atoms with Gasteiger partial charge in [-0.15, -0.1) is 11.8 Å². The summed E-state index contributed by atoms with van der Waals surface area (Å²) in [6.07, 6.45) is 0. The summed E-state index contributed by atoms with van der Waals surface area (Å²) in [5.74, 6) is 1.16. The second-order valence-corrected chi connectivity index (χ2v) is 6.24. The van der Waals surface area contributed by atoms with Gasteiger partial charge >= 0.3 is 0 Å². The lowest BCUT2D eigenvalue weighted by Gasteiger charge is -2.34. The topological polar surface area (TPSA) is 26.7 Å². The van der Waals surface area contributed by atoms with E-state index in [2.05, 4.69) is 41.0 Å². The van der Waals surface area contributed by atoms with Crippen LogP contribution in [0.15, 0.2) is 29.2 Å². The van der Waals surface area contributed by atoms with Crippen molar-refractivity contribution in [2.45, 2.75) is 11.8 Å². The van der Waals surface area contributed by atoms with E-state index in [1.54, 1.807) is 0 Å². The van der Waals surface area contributed by atoms with Gasteiger partial charge in [-0.3, -0.25) is 9.80 Å². The molecule has 1 aliphatic rings. The van der Waals surface area contributed by atoms with Crippen molar-refractivity contribution in [1.29, 1.82) is 0 Å². The lowest BCUT2D eigenvalue weighted by atomic mass is 10.2. The summed E-state index contributed by atoms with van der Waals surface area (Å²) in [6, 6.07) is 8.77. The van der Waals surface area contributed by atoms with Crippen LogP contribution in [0, 0.1) is 6.92 Å². The van der Waals surface area contributed by atoms with E-state index in [-0.39, 0.29) is 6.61 Å². The predicted molar refractivity (Wildman–Crippen MR) is 81.9 cm³/mol. The predicted octanol–water partition coefficient (Wildman–Crippen LogP) is 1.70. The highest BCUT2D eigenvalue weighted by molar-refractivity contribution is 7.99. The van der Waals surface area contributed by atoms with Crippen LogP contribution in [0.4, 0.5) is 0 Å². The SMILES string of the molecule is Cc1ccc(SCCN2CCN(CCO)CC2)cc1. The monoisotopic (exact) mass is 280 g/mol. The molecule has 0 saturated carbocycles. The maximum Gasteiger partial charge on any atom is 0.0558 e. The number of hydrogen-bond acceptors (Lipinski definition) is 4. The Kier molecular flexibility index (Phi) is 6.17. The number of aryl methyl sites for hydroxylation is 1. The van der Waals surface area contributed by atoms with Crippen LogP contribution in [-0.4, -0.2) is 66.5 Å². The minimum atomic E-state index is 0.281. The number of benzene rings is 1. The molecule has 4 heteroatoms. The normalized spacial score (nSPS) is 17.8. The van der Waals surface area contributed by atoms with Gasteiger partial charge in [-0.25, -0.2) is 0 Å². The van der Waals surface area contributed by atoms with Crippen LogP contribution in [0.25, 0.3) is 0 Å². The standard InChI is InChI=1S/C15H24N2OS/c1-14-2-4-15(5-3-14)19-13-11-17-8-6-16(7-9-17)10-12-18/h2-5,18H,6-13H2,1H3. The zero-order valence-electron chi connectivity index (χ0n) is 11.7. The van der Waals surface area contributed by atoms with E-state index >= 15 is 0 Å². The number of aliphatic hydroxyl groups is 1. The van der Waals surface area contributed by atoms with Gasteiger partial charge in [0.1, 0.15) is 0 Å². The first kappa shape index (κ1) is 14.9. The lowest BCUT2D eigenvalue weighted by Crippen LogP contribution is -2.47. The average molecular weight is 280 g/mol. The third kappa shape index (κ3) is 5.15. The zero-order valence-corrected chi connectivity index (χ0v) is 12.5. The van der Waals surface area contributed by atoms with Gasteiger partial charge < -0.3 is 5.11 Å². The summed E-state index contributed by atoms with van der Waals surface area (Å²) >= 11 is 1.94. The molecule has 19 heavy (non-hydrogen) atoms. The van der Waals surface area contributed by atoms with Crippen molar-refractivity contribution >= 4 is 11.8 Å². The minimum Gasteiger partial charge on any atom is -0.395 e. The van der Waals surface area contributed by atoms with Crippen molar-refractivity contribution in [3.63, 3.8) is 0 Å². The van der Waals surface area contributed by atoms with Gasteiger partial charge in [-0.2, -0.15) is 0 Å².